The average Bonchev–Trinajstić information content (AvgIpc) is 2.54. The molecule has 5 heteroatoms. The Kier molecular flexibility index (Phi) is 6.63. The van der Waals surface area contributed by atoms with Gasteiger partial charge in [0.2, 0.25) is 0 Å². The number of ether oxygens (including phenoxy) is 2. The highest BCUT2D eigenvalue weighted by atomic mass is 16.6. The molecule has 1 aromatic carbocycles. The number of nitrogens with two attached hydrogens (primary N) is 1. The number of amides is 1. The topological polar surface area (TPSA) is 64.8 Å². The summed E-state index contributed by atoms with van der Waals surface area (Å²) in [6.45, 7) is 8.35. The minimum Gasteiger partial charge on any atom is -0.444 e. The van der Waals surface area contributed by atoms with E-state index in [-0.39, 0.29) is 12.1 Å². The molecule has 1 fully saturated rings. The SMILES string of the molecule is CC(C)(C)OC(=O)N1CCC(COC[C@H](N)c2ccccc2)CC1. The number of benzene rings is 1. The summed E-state index contributed by atoms with van der Waals surface area (Å²) in [5, 5.41) is 0. The maximum absolute atomic E-state index is 12.0. The standard InChI is InChI=1S/C19H30N2O3/c1-19(2,3)24-18(22)21-11-9-15(10-12-21)13-23-14-17(20)16-7-5-4-6-8-16/h4-8,15,17H,9-14,20H2,1-3H3/t17-/m0/s1. The zero-order valence-corrected chi connectivity index (χ0v) is 15.0. The molecule has 1 amide bonds. The highest BCUT2D eigenvalue weighted by molar-refractivity contribution is 5.68. The molecule has 1 aliphatic rings. The quantitative estimate of drug-likeness (QED) is 0.897. The molecule has 24 heavy (non-hydrogen) atoms. The molecule has 0 unspecified atom stereocenters. The van der Waals surface area contributed by atoms with Crippen molar-refractivity contribution in [2.24, 2.45) is 11.7 Å². The van der Waals surface area contributed by atoms with Crippen LogP contribution in [0.5, 0.6) is 0 Å². The number of piperidine rings is 1. The number of carbonyl (C=O) groups excluding carboxylic acids is 1. The van der Waals surface area contributed by atoms with Crippen molar-refractivity contribution >= 4 is 6.09 Å². The van der Waals surface area contributed by atoms with Crippen LogP contribution in [0.3, 0.4) is 0 Å². The lowest BCUT2D eigenvalue weighted by Gasteiger charge is -2.33. The van der Waals surface area contributed by atoms with Crippen molar-refractivity contribution in [2.45, 2.75) is 45.3 Å². The van der Waals surface area contributed by atoms with Crippen LogP contribution in [0.4, 0.5) is 4.79 Å². The summed E-state index contributed by atoms with van der Waals surface area (Å²) < 4.78 is 11.2. The Morgan fingerprint density at radius 1 is 1.25 bits per heavy atom. The molecule has 5 nitrogen and oxygen atoms in total. The Morgan fingerprint density at radius 3 is 2.46 bits per heavy atom. The van der Waals surface area contributed by atoms with Gasteiger partial charge >= 0.3 is 6.09 Å². The van der Waals surface area contributed by atoms with E-state index >= 15 is 0 Å². The Bertz CT molecular complexity index is 505. The van der Waals surface area contributed by atoms with Crippen molar-refractivity contribution in [3.05, 3.63) is 35.9 Å². The second-order valence-corrected chi connectivity index (χ2v) is 7.47. The summed E-state index contributed by atoms with van der Waals surface area (Å²) >= 11 is 0. The van der Waals surface area contributed by atoms with E-state index in [1.54, 1.807) is 4.90 Å². The van der Waals surface area contributed by atoms with Crippen LogP contribution in [0.2, 0.25) is 0 Å². The van der Waals surface area contributed by atoms with Crippen LogP contribution >= 0.6 is 0 Å². The van der Waals surface area contributed by atoms with Crippen molar-refractivity contribution in [1.82, 2.24) is 4.90 Å². The Hall–Kier alpha value is -1.59. The van der Waals surface area contributed by atoms with Crippen LogP contribution in [-0.4, -0.2) is 42.9 Å². The monoisotopic (exact) mass is 334 g/mol. The molecule has 1 saturated heterocycles. The summed E-state index contributed by atoms with van der Waals surface area (Å²) in [5.41, 5.74) is 6.79. The third kappa shape index (κ3) is 6.13. The Balaban J connectivity index is 1.65. The van der Waals surface area contributed by atoms with Crippen LogP contribution in [-0.2, 0) is 9.47 Å². The van der Waals surface area contributed by atoms with Crippen LogP contribution in [0.15, 0.2) is 30.3 Å². The van der Waals surface area contributed by atoms with Crippen molar-refractivity contribution in [2.75, 3.05) is 26.3 Å². The zero-order valence-electron chi connectivity index (χ0n) is 15.0. The van der Waals surface area contributed by atoms with Crippen molar-refractivity contribution in [3.8, 4) is 0 Å². The van der Waals surface area contributed by atoms with E-state index in [0.29, 0.717) is 19.1 Å². The third-order valence-corrected chi connectivity index (χ3v) is 4.14. The zero-order chi connectivity index (χ0) is 17.6. The summed E-state index contributed by atoms with van der Waals surface area (Å²) in [6.07, 6.45) is 1.67. The van der Waals surface area contributed by atoms with E-state index in [1.165, 1.54) is 0 Å². The minimum atomic E-state index is -0.440. The van der Waals surface area contributed by atoms with Crippen molar-refractivity contribution in [3.63, 3.8) is 0 Å². The molecular formula is C19H30N2O3. The molecule has 1 heterocycles. The van der Waals surface area contributed by atoms with Gasteiger partial charge in [0.25, 0.3) is 0 Å². The molecule has 1 atom stereocenters. The molecule has 1 aromatic rings. The molecule has 2 rings (SSSR count). The molecule has 1 aliphatic heterocycles. The number of hydrogen-bond donors (Lipinski definition) is 1. The predicted octanol–water partition coefficient (Wildman–Crippen LogP) is 3.35. The summed E-state index contributed by atoms with van der Waals surface area (Å²) in [5.74, 6) is 0.478. The highest BCUT2D eigenvalue weighted by Gasteiger charge is 2.26. The fourth-order valence-electron chi connectivity index (χ4n) is 2.77. The first-order chi connectivity index (χ1) is 11.3. The number of nitrogens with zero attached hydrogens (tertiary/aromatic N) is 1. The molecular weight excluding hydrogens is 304 g/mol. The molecule has 134 valence electrons. The van der Waals surface area contributed by atoms with E-state index < -0.39 is 5.60 Å². The van der Waals surface area contributed by atoms with E-state index in [2.05, 4.69) is 0 Å². The Labute approximate surface area is 145 Å². The van der Waals surface area contributed by atoms with Gasteiger partial charge in [-0.3, -0.25) is 0 Å². The normalized spacial score (nSPS) is 17.6. The maximum atomic E-state index is 12.0. The van der Waals surface area contributed by atoms with Gasteiger partial charge in [-0.15, -0.1) is 0 Å². The van der Waals surface area contributed by atoms with Crippen LogP contribution in [0.25, 0.3) is 0 Å². The lowest BCUT2D eigenvalue weighted by atomic mass is 9.98. The maximum Gasteiger partial charge on any atom is 0.410 e. The molecule has 2 N–H and O–H groups in total. The average molecular weight is 334 g/mol. The van der Waals surface area contributed by atoms with E-state index in [4.69, 9.17) is 15.2 Å². The second-order valence-electron chi connectivity index (χ2n) is 7.47. The first-order valence-electron chi connectivity index (χ1n) is 8.71. The largest absolute Gasteiger partial charge is 0.444 e. The number of rotatable bonds is 5. The van der Waals surface area contributed by atoms with E-state index in [9.17, 15) is 4.79 Å². The highest BCUT2D eigenvalue weighted by Crippen LogP contribution is 2.20. The summed E-state index contributed by atoms with van der Waals surface area (Å²) in [6, 6.07) is 9.91. The van der Waals surface area contributed by atoms with Gasteiger partial charge in [-0.25, -0.2) is 4.79 Å². The number of likely N-dealkylation sites (tertiary alicyclic amines) is 1. The fraction of sp³-hybridized carbons (Fsp3) is 0.632. The van der Waals surface area contributed by atoms with Gasteiger partial charge in [0.15, 0.2) is 0 Å². The van der Waals surface area contributed by atoms with Gasteiger partial charge in [-0.1, -0.05) is 30.3 Å². The smallest absolute Gasteiger partial charge is 0.410 e. The van der Waals surface area contributed by atoms with Gasteiger partial charge in [-0.2, -0.15) is 0 Å². The lowest BCUT2D eigenvalue weighted by molar-refractivity contribution is 0.0110. The molecule has 0 spiro atoms. The van der Waals surface area contributed by atoms with Crippen LogP contribution < -0.4 is 5.73 Å². The Morgan fingerprint density at radius 2 is 1.88 bits per heavy atom. The fourth-order valence-corrected chi connectivity index (χ4v) is 2.77. The minimum absolute atomic E-state index is 0.0898. The van der Waals surface area contributed by atoms with Crippen molar-refractivity contribution < 1.29 is 14.3 Å². The third-order valence-electron chi connectivity index (χ3n) is 4.14. The molecule has 0 saturated carbocycles. The van der Waals surface area contributed by atoms with Crippen LogP contribution in [0, 0.1) is 5.92 Å². The first-order valence-corrected chi connectivity index (χ1v) is 8.71. The van der Waals surface area contributed by atoms with Gasteiger partial charge in [0, 0.05) is 19.7 Å². The number of carbonyl (C=O) groups is 1. The summed E-state index contributed by atoms with van der Waals surface area (Å²) in [4.78, 5) is 13.8. The molecule has 0 aromatic heterocycles. The molecule has 0 bridgehead atoms. The van der Waals surface area contributed by atoms with Crippen molar-refractivity contribution in [1.29, 1.82) is 0 Å². The van der Waals surface area contributed by atoms with Gasteiger partial charge < -0.3 is 20.1 Å². The second kappa shape index (κ2) is 8.49. The van der Waals surface area contributed by atoms with Gasteiger partial charge in [0.1, 0.15) is 5.60 Å². The lowest BCUT2D eigenvalue weighted by Crippen LogP contribution is -2.42. The van der Waals surface area contributed by atoms with Gasteiger partial charge in [-0.05, 0) is 45.1 Å². The molecule has 0 radical (unpaired) electrons. The van der Waals surface area contributed by atoms with E-state index in [1.807, 2.05) is 51.1 Å². The predicted molar refractivity (Wildman–Crippen MR) is 94.7 cm³/mol. The van der Waals surface area contributed by atoms with Crippen LogP contribution in [0.1, 0.15) is 45.2 Å². The summed E-state index contributed by atoms with van der Waals surface area (Å²) in [7, 11) is 0. The molecule has 0 aliphatic carbocycles. The number of hydrogen-bond acceptors (Lipinski definition) is 4. The van der Waals surface area contributed by atoms with Gasteiger partial charge in [0.05, 0.1) is 12.6 Å². The first kappa shape index (κ1) is 18.7. The van der Waals surface area contributed by atoms with E-state index in [0.717, 1.165) is 31.5 Å².